The average molecular weight is 783 g/mol. The summed E-state index contributed by atoms with van der Waals surface area (Å²) in [6.07, 6.45) is -0.482. The Labute approximate surface area is 334 Å². The smallest absolute Gasteiger partial charge is 0.414 e. The number of benzene rings is 6. The van der Waals surface area contributed by atoms with Gasteiger partial charge in [-0.2, -0.15) is 0 Å². The number of halogens is 1. The first-order valence-electron chi connectivity index (χ1n) is 18.0. The molecule has 0 saturated carbocycles. The molecule has 0 aromatic heterocycles. The Morgan fingerprint density at radius 1 is 0.561 bits per heavy atom. The zero-order chi connectivity index (χ0) is 40.5. The predicted octanol–water partition coefficient (Wildman–Crippen LogP) is 10.4. The molecule has 0 heterocycles. The van der Waals surface area contributed by atoms with Crippen LogP contribution in [0.1, 0.15) is 54.8 Å². The molecule has 0 spiro atoms. The number of rotatable bonds is 8. The van der Waals surface area contributed by atoms with Gasteiger partial charge in [-0.15, -0.1) is 0 Å². The van der Waals surface area contributed by atoms with Gasteiger partial charge >= 0.3 is 23.5 Å². The van der Waals surface area contributed by atoms with Gasteiger partial charge in [-0.05, 0) is 93.0 Å². The van der Waals surface area contributed by atoms with Crippen molar-refractivity contribution >= 4 is 46.4 Å². The summed E-state index contributed by atoms with van der Waals surface area (Å²) in [6, 6.07) is 45.4. The molecule has 0 saturated heterocycles. The summed E-state index contributed by atoms with van der Waals surface area (Å²) in [4.78, 5) is 46.0. The number of fused-ring (bicyclic) bond motifs is 6. The zero-order valence-electron chi connectivity index (χ0n) is 31.1. The van der Waals surface area contributed by atoms with Crippen LogP contribution in [0.5, 0.6) is 0 Å². The number of amides is 1. The number of hydrogen-bond donors (Lipinski definition) is 3. The van der Waals surface area contributed by atoms with Crippen LogP contribution in [0.15, 0.2) is 146 Å². The largest absolute Gasteiger partial charge is 0.478 e. The van der Waals surface area contributed by atoms with Crippen LogP contribution in [0.4, 0.5) is 21.0 Å². The average Bonchev–Trinajstić information content (AvgIpc) is 3.74. The van der Waals surface area contributed by atoms with Crippen LogP contribution >= 0.6 is 11.6 Å². The van der Waals surface area contributed by atoms with Crippen molar-refractivity contribution in [3.05, 3.63) is 179 Å². The van der Waals surface area contributed by atoms with Crippen molar-refractivity contribution in [3.8, 4) is 22.3 Å². The van der Waals surface area contributed by atoms with Gasteiger partial charge in [-0.25, -0.2) is 19.2 Å². The molecular weight excluding hydrogens is 744 g/mol. The number of carbonyl (C=O) groups excluding carboxylic acids is 2. The number of aromatic carboxylic acids is 2. The summed E-state index contributed by atoms with van der Waals surface area (Å²) in [6.45, 7) is 0.529. The number of carboxylic acids is 2. The summed E-state index contributed by atoms with van der Waals surface area (Å²) in [5.41, 5.74) is 10.7. The minimum Gasteiger partial charge on any atom is -0.478 e. The van der Waals surface area contributed by atoms with E-state index >= 15 is 0 Å². The van der Waals surface area contributed by atoms with Crippen LogP contribution in [0.3, 0.4) is 0 Å². The minimum absolute atomic E-state index is 0.000800. The molecule has 3 N–H and O–H groups in total. The monoisotopic (exact) mass is 782 g/mol. The van der Waals surface area contributed by atoms with E-state index in [1.54, 1.807) is 50.5 Å². The van der Waals surface area contributed by atoms with E-state index in [1.165, 1.54) is 50.4 Å². The van der Waals surface area contributed by atoms with Crippen molar-refractivity contribution in [2.24, 2.45) is 0 Å². The molecule has 0 aliphatic heterocycles. The Kier molecular flexibility index (Phi) is 12.7. The molecule has 6 aromatic rings. The van der Waals surface area contributed by atoms with Gasteiger partial charge in [-0.1, -0.05) is 97.1 Å². The Balaban J connectivity index is 0.000000161. The standard InChI is InChI=1S/C23H19NO4.C15H11ClO2.C8H9NO2/c1-24(16-12-10-15(11-13-16)22(25)26)23(27)28-14-21-19-8-4-2-6-17(19)18-7-3-5-9-20(18)21;16-15(17)18-9-14-12-7-3-1-5-10(12)11-6-2-4-8-13(11)14;1-9-7-4-2-6(3-5-7)8(10)11/h2-13,21H,14H2,1H3,(H,25,26);1-8,14H,9H2;2-5,9H,1H3,(H,10,11). The highest BCUT2D eigenvalue weighted by atomic mass is 35.5. The van der Waals surface area contributed by atoms with E-state index in [9.17, 15) is 19.2 Å². The third kappa shape index (κ3) is 9.15. The molecule has 0 atom stereocenters. The van der Waals surface area contributed by atoms with Crippen molar-refractivity contribution in [1.29, 1.82) is 0 Å². The molecule has 6 aromatic carbocycles. The summed E-state index contributed by atoms with van der Waals surface area (Å²) in [5.74, 6) is -1.82. The van der Waals surface area contributed by atoms with Gasteiger partial charge in [0.25, 0.3) is 0 Å². The Bertz CT molecular complexity index is 2310. The second-order valence-electron chi connectivity index (χ2n) is 13.1. The van der Waals surface area contributed by atoms with Gasteiger partial charge in [0.05, 0.1) is 11.1 Å². The van der Waals surface area contributed by atoms with Gasteiger partial charge < -0.3 is 25.0 Å². The van der Waals surface area contributed by atoms with Gasteiger partial charge in [0.2, 0.25) is 0 Å². The molecule has 11 heteroatoms. The molecule has 1 amide bonds. The fourth-order valence-corrected chi connectivity index (χ4v) is 7.05. The topological polar surface area (TPSA) is 142 Å². The molecule has 288 valence electrons. The fourth-order valence-electron chi connectivity index (χ4n) is 6.99. The maximum atomic E-state index is 12.5. The third-order valence-electron chi connectivity index (χ3n) is 9.86. The van der Waals surface area contributed by atoms with Crippen LogP contribution in [-0.4, -0.2) is 61.0 Å². The molecule has 10 nitrogen and oxygen atoms in total. The lowest BCUT2D eigenvalue weighted by atomic mass is 9.98. The molecule has 0 fully saturated rings. The van der Waals surface area contributed by atoms with Crippen LogP contribution in [0.2, 0.25) is 0 Å². The van der Waals surface area contributed by atoms with Gasteiger partial charge in [0, 0.05) is 48.9 Å². The van der Waals surface area contributed by atoms with Crippen LogP contribution in [0.25, 0.3) is 22.3 Å². The summed E-state index contributed by atoms with van der Waals surface area (Å²) in [7, 11) is 3.39. The van der Waals surface area contributed by atoms with E-state index < -0.39 is 23.5 Å². The molecule has 0 unspecified atom stereocenters. The van der Waals surface area contributed by atoms with E-state index in [0.29, 0.717) is 11.3 Å². The highest BCUT2D eigenvalue weighted by molar-refractivity contribution is 6.61. The Morgan fingerprint density at radius 2 is 0.912 bits per heavy atom. The normalized spacial score (nSPS) is 11.8. The molecule has 0 radical (unpaired) electrons. The number of nitrogens with zero attached hydrogens (tertiary/aromatic N) is 1. The first-order valence-corrected chi connectivity index (χ1v) is 18.4. The minimum atomic E-state index is -1.00. The third-order valence-corrected chi connectivity index (χ3v) is 9.97. The number of hydrogen-bond acceptors (Lipinski definition) is 7. The SMILES string of the molecule is CN(C(=O)OCC1c2ccccc2-c2ccccc21)c1ccc(C(=O)O)cc1.CNc1ccc(C(=O)O)cc1.O=C(Cl)OCC1c2ccccc2-c2ccccc21. The second kappa shape index (κ2) is 18.1. The van der Waals surface area contributed by atoms with E-state index in [-0.39, 0.29) is 30.6 Å². The first kappa shape index (κ1) is 39.8. The van der Waals surface area contributed by atoms with Crippen LogP contribution in [-0.2, 0) is 9.47 Å². The molecule has 2 aliphatic carbocycles. The number of nitrogens with one attached hydrogen (secondary N) is 1. The van der Waals surface area contributed by atoms with E-state index in [0.717, 1.165) is 16.8 Å². The van der Waals surface area contributed by atoms with Crippen molar-refractivity contribution in [2.45, 2.75) is 11.8 Å². The number of ether oxygens (including phenoxy) is 2. The van der Waals surface area contributed by atoms with Crippen molar-refractivity contribution in [2.75, 3.05) is 37.5 Å². The molecule has 57 heavy (non-hydrogen) atoms. The summed E-state index contributed by atoms with van der Waals surface area (Å²) in [5, 5.41) is 20.4. The Hall–Kier alpha value is -6.91. The maximum absolute atomic E-state index is 12.5. The number of carboxylic acid groups (broad SMARTS) is 2. The van der Waals surface area contributed by atoms with Crippen molar-refractivity contribution < 1.29 is 38.9 Å². The number of carbonyl (C=O) groups is 4. The maximum Gasteiger partial charge on any atom is 0.414 e. The first-order chi connectivity index (χ1) is 27.6. The van der Waals surface area contributed by atoms with Crippen molar-refractivity contribution in [3.63, 3.8) is 0 Å². The molecule has 2 aliphatic rings. The molecule has 8 rings (SSSR count). The van der Waals surface area contributed by atoms with E-state index in [1.807, 2.05) is 48.5 Å². The molecular formula is C46H39ClN2O8. The van der Waals surface area contributed by atoms with Crippen LogP contribution < -0.4 is 10.2 Å². The number of anilines is 2. The summed E-state index contributed by atoms with van der Waals surface area (Å²) < 4.78 is 10.6. The quantitative estimate of drug-likeness (QED) is 0.129. The highest BCUT2D eigenvalue weighted by Gasteiger charge is 2.30. The van der Waals surface area contributed by atoms with Crippen LogP contribution in [0, 0.1) is 0 Å². The van der Waals surface area contributed by atoms with Crippen molar-refractivity contribution in [1.82, 2.24) is 0 Å². The Morgan fingerprint density at radius 3 is 1.26 bits per heavy atom. The van der Waals surface area contributed by atoms with E-state index in [4.69, 9.17) is 31.3 Å². The zero-order valence-corrected chi connectivity index (χ0v) is 31.9. The highest BCUT2D eigenvalue weighted by Crippen LogP contribution is 2.45. The lowest BCUT2D eigenvalue weighted by molar-refractivity contribution is 0.0686. The van der Waals surface area contributed by atoms with Gasteiger partial charge in [0.15, 0.2) is 0 Å². The van der Waals surface area contributed by atoms with E-state index in [2.05, 4.69) is 53.8 Å². The predicted molar refractivity (Wildman–Crippen MR) is 221 cm³/mol. The summed E-state index contributed by atoms with van der Waals surface area (Å²) >= 11 is 5.25. The second-order valence-corrected chi connectivity index (χ2v) is 13.4. The van der Waals surface area contributed by atoms with Gasteiger partial charge in [-0.3, -0.25) is 4.90 Å². The lowest BCUT2D eigenvalue weighted by Crippen LogP contribution is -2.28. The fraction of sp³-hybridized carbons (Fsp3) is 0.130. The molecule has 0 bridgehead atoms. The van der Waals surface area contributed by atoms with Gasteiger partial charge in [0.1, 0.15) is 13.2 Å². The lowest BCUT2D eigenvalue weighted by Gasteiger charge is -2.20.